The van der Waals surface area contributed by atoms with E-state index < -0.39 is 5.43 Å². The lowest BCUT2D eigenvalue weighted by atomic mass is 10.1. The van der Waals surface area contributed by atoms with Crippen molar-refractivity contribution in [3.8, 4) is 34.3 Å². The summed E-state index contributed by atoms with van der Waals surface area (Å²) < 4.78 is 31.5. The highest BCUT2D eigenvalue weighted by Crippen LogP contribution is 2.42. The van der Waals surface area contributed by atoms with Gasteiger partial charge < -0.3 is 33.2 Å². The molecule has 8 nitrogen and oxygen atoms in total. The van der Waals surface area contributed by atoms with Gasteiger partial charge in [-0.05, 0) is 24.3 Å². The van der Waals surface area contributed by atoms with E-state index in [0.717, 1.165) is 0 Å². The highest BCUT2D eigenvalue weighted by molar-refractivity contribution is 5.89. The monoisotopic (exact) mass is 388 g/mol. The number of rotatable bonds is 8. The Morgan fingerprint density at radius 3 is 2.29 bits per heavy atom. The van der Waals surface area contributed by atoms with Crippen LogP contribution in [0.2, 0.25) is 0 Å². The molecule has 1 aromatic heterocycles. The molecule has 0 unspecified atom stereocenters. The van der Waals surface area contributed by atoms with Crippen LogP contribution in [0.25, 0.3) is 22.3 Å². The summed E-state index contributed by atoms with van der Waals surface area (Å²) in [7, 11) is 4.36. The van der Waals surface area contributed by atoms with Gasteiger partial charge in [0.25, 0.3) is 0 Å². The Bertz CT molecular complexity index is 1010. The van der Waals surface area contributed by atoms with Crippen molar-refractivity contribution in [2.75, 3.05) is 34.9 Å². The first-order valence-corrected chi connectivity index (χ1v) is 8.30. The van der Waals surface area contributed by atoms with E-state index in [1.54, 1.807) is 24.3 Å². The van der Waals surface area contributed by atoms with Crippen molar-refractivity contribution < 1.29 is 33.2 Å². The summed E-state index contributed by atoms with van der Waals surface area (Å²) in [6, 6.07) is 9.76. The molecule has 0 aliphatic heterocycles. The molecule has 3 aromatic rings. The van der Waals surface area contributed by atoms with Gasteiger partial charge in [-0.2, -0.15) is 0 Å². The van der Waals surface area contributed by atoms with Crippen LogP contribution in [-0.4, -0.2) is 40.0 Å². The number of methoxy groups -OCH3 is 3. The maximum atomic E-state index is 12.6. The number of phenolic OH excluding ortho intramolecular Hbond substituents is 1. The van der Waals surface area contributed by atoms with Crippen LogP contribution in [0.4, 0.5) is 0 Å². The van der Waals surface area contributed by atoms with Crippen molar-refractivity contribution in [3.63, 3.8) is 0 Å². The third-order valence-corrected chi connectivity index (χ3v) is 3.93. The van der Waals surface area contributed by atoms with Gasteiger partial charge in [-0.3, -0.25) is 4.79 Å². The number of ether oxygens (including phenoxy) is 5. The van der Waals surface area contributed by atoms with E-state index in [0.29, 0.717) is 17.1 Å². The summed E-state index contributed by atoms with van der Waals surface area (Å²) in [5, 5.41) is 10.5. The first-order valence-electron chi connectivity index (χ1n) is 8.30. The second kappa shape index (κ2) is 8.64. The Hall–Kier alpha value is -3.23. The number of fused-ring (bicyclic) bond motifs is 1. The molecule has 1 heterocycles. The molecule has 2 aromatic carbocycles. The smallest absolute Gasteiger partial charge is 0.204 e. The number of aromatic hydroxyl groups is 1. The van der Waals surface area contributed by atoms with Gasteiger partial charge in [-0.15, -0.1) is 0 Å². The Labute approximate surface area is 160 Å². The quantitative estimate of drug-likeness (QED) is 0.588. The van der Waals surface area contributed by atoms with Gasteiger partial charge in [0.05, 0.1) is 7.11 Å². The number of hydrogen-bond acceptors (Lipinski definition) is 8. The first kappa shape index (κ1) is 19.5. The Kier molecular flexibility index (Phi) is 6.03. The minimum absolute atomic E-state index is 0.00501. The van der Waals surface area contributed by atoms with Crippen LogP contribution in [-0.2, 0) is 9.47 Å². The molecule has 28 heavy (non-hydrogen) atoms. The van der Waals surface area contributed by atoms with Crippen molar-refractivity contribution in [3.05, 3.63) is 46.6 Å². The van der Waals surface area contributed by atoms with Gasteiger partial charge in [-0.1, -0.05) is 0 Å². The highest BCUT2D eigenvalue weighted by Gasteiger charge is 2.20. The fourth-order valence-electron chi connectivity index (χ4n) is 2.67. The normalized spacial score (nSPS) is 10.8. The summed E-state index contributed by atoms with van der Waals surface area (Å²) in [6.45, 7) is 0.0733. The summed E-state index contributed by atoms with van der Waals surface area (Å²) in [5.74, 6) is 0.821. The van der Waals surface area contributed by atoms with Gasteiger partial charge in [0.15, 0.2) is 30.5 Å². The number of phenols is 1. The molecule has 0 amide bonds. The van der Waals surface area contributed by atoms with Crippen molar-refractivity contribution in [2.24, 2.45) is 0 Å². The maximum absolute atomic E-state index is 12.6. The summed E-state index contributed by atoms with van der Waals surface area (Å²) >= 11 is 0. The van der Waals surface area contributed by atoms with Crippen molar-refractivity contribution in [1.82, 2.24) is 0 Å². The highest BCUT2D eigenvalue weighted by atomic mass is 16.7. The minimum atomic E-state index is -0.412. The summed E-state index contributed by atoms with van der Waals surface area (Å²) in [5.41, 5.74) is 0.412. The van der Waals surface area contributed by atoms with E-state index in [1.807, 2.05) is 0 Å². The molecule has 0 atom stereocenters. The van der Waals surface area contributed by atoms with Crippen LogP contribution in [0.5, 0.6) is 23.0 Å². The van der Waals surface area contributed by atoms with E-state index in [9.17, 15) is 9.90 Å². The number of hydrogen-bond donors (Lipinski definition) is 1. The Morgan fingerprint density at radius 1 is 0.964 bits per heavy atom. The third-order valence-electron chi connectivity index (χ3n) is 3.93. The Morgan fingerprint density at radius 2 is 1.64 bits per heavy atom. The van der Waals surface area contributed by atoms with Gasteiger partial charge in [0.1, 0.15) is 22.5 Å². The molecular formula is C20H20O8. The van der Waals surface area contributed by atoms with Crippen LogP contribution in [0.1, 0.15) is 0 Å². The average Bonchev–Trinajstić information content (AvgIpc) is 2.70. The lowest BCUT2D eigenvalue weighted by Crippen LogP contribution is -2.05. The van der Waals surface area contributed by atoms with Crippen LogP contribution in [0.15, 0.2) is 45.6 Å². The Balaban J connectivity index is 2.07. The first-order chi connectivity index (χ1) is 13.6. The predicted molar refractivity (Wildman–Crippen MR) is 101 cm³/mol. The predicted octanol–water partition coefficient (Wildman–Crippen LogP) is 3.14. The molecule has 1 N–H and O–H groups in total. The molecule has 0 saturated heterocycles. The molecule has 0 bridgehead atoms. The zero-order valence-electron chi connectivity index (χ0n) is 15.7. The summed E-state index contributed by atoms with van der Waals surface area (Å²) in [4.78, 5) is 12.6. The van der Waals surface area contributed by atoms with E-state index in [1.165, 1.54) is 33.5 Å². The molecule has 3 rings (SSSR count). The molecule has 0 fully saturated rings. The molecule has 0 spiro atoms. The average molecular weight is 388 g/mol. The minimum Gasteiger partial charge on any atom is -0.504 e. The van der Waals surface area contributed by atoms with E-state index in [2.05, 4.69) is 0 Å². The molecule has 148 valence electrons. The fraction of sp³-hybridized carbons (Fsp3) is 0.250. The maximum Gasteiger partial charge on any atom is 0.204 e. The molecule has 0 saturated carbocycles. The van der Waals surface area contributed by atoms with Crippen LogP contribution >= 0.6 is 0 Å². The second-order valence-corrected chi connectivity index (χ2v) is 5.73. The lowest BCUT2D eigenvalue weighted by Gasteiger charge is -2.13. The summed E-state index contributed by atoms with van der Waals surface area (Å²) in [6.07, 6.45) is 0. The zero-order chi connectivity index (χ0) is 20.1. The third kappa shape index (κ3) is 3.88. The van der Waals surface area contributed by atoms with E-state index >= 15 is 0 Å². The SMILES string of the molecule is COCOc1ccc(-c2cc(=O)c3c(O)c(OC)c(OCOC)cc3o2)cc1. The largest absolute Gasteiger partial charge is 0.504 e. The van der Waals surface area contributed by atoms with Crippen LogP contribution in [0, 0.1) is 0 Å². The topological polar surface area (TPSA) is 96.6 Å². The van der Waals surface area contributed by atoms with Crippen molar-refractivity contribution >= 4 is 11.0 Å². The number of benzene rings is 2. The standard InChI is InChI=1S/C20H20O8/c1-23-10-26-13-6-4-12(5-7-13)15-8-14(21)18-16(28-15)9-17(27-11-24-2)20(25-3)19(18)22/h4-9,22H,10-11H2,1-3H3. The lowest BCUT2D eigenvalue weighted by molar-refractivity contribution is 0.0490. The second-order valence-electron chi connectivity index (χ2n) is 5.73. The van der Waals surface area contributed by atoms with Crippen LogP contribution in [0.3, 0.4) is 0 Å². The zero-order valence-corrected chi connectivity index (χ0v) is 15.7. The van der Waals surface area contributed by atoms with Gasteiger partial charge in [-0.25, -0.2) is 0 Å². The molecule has 0 radical (unpaired) electrons. The fourth-order valence-corrected chi connectivity index (χ4v) is 2.67. The van der Waals surface area contributed by atoms with Gasteiger partial charge >= 0.3 is 0 Å². The van der Waals surface area contributed by atoms with E-state index in [4.69, 9.17) is 28.1 Å². The molecular weight excluding hydrogens is 368 g/mol. The van der Waals surface area contributed by atoms with Crippen LogP contribution < -0.4 is 19.6 Å². The molecule has 8 heteroatoms. The van der Waals surface area contributed by atoms with Gasteiger partial charge in [0.2, 0.25) is 5.75 Å². The molecule has 0 aliphatic rings. The van der Waals surface area contributed by atoms with E-state index in [-0.39, 0.29) is 41.8 Å². The molecule has 0 aliphatic carbocycles. The van der Waals surface area contributed by atoms with Gasteiger partial charge in [0, 0.05) is 31.9 Å². The van der Waals surface area contributed by atoms with Crippen molar-refractivity contribution in [2.45, 2.75) is 0 Å². The van der Waals surface area contributed by atoms with Crippen molar-refractivity contribution in [1.29, 1.82) is 0 Å².